The fourth-order valence-electron chi connectivity index (χ4n) is 8.91. The quantitative estimate of drug-likeness (QED) is 0.0674. The van der Waals surface area contributed by atoms with Crippen LogP contribution >= 0.6 is 25.8 Å². The van der Waals surface area contributed by atoms with E-state index in [1.807, 2.05) is 121 Å². The van der Waals surface area contributed by atoms with Crippen molar-refractivity contribution >= 4 is 25.8 Å². The van der Waals surface area contributed by atoms with E-state index in [1.165, 1.54) is 11.1 Å². The van der Waals surface area contributed by atoms with Gasteiger partial charge in [-0.1, -0.05) is 83.9 Å². The van der Waals surface area contributed by atoms with Crippen molar-refractivity contribution in [2.45, 2.75) is 33.1 Å². The molecule has 13 nitrogen and oxygen atoms in total. The molecule has 2 heterocycles. The Kier molecular flexibility index (Phi) is 16.4. The molecule has 16 heteroatoms. The third-order valence-corrected chi connectivity index (χ3v) is 15.9. The van der Waals surface area contributed by atoms with E-state index in [4.69, 9.17) is 59.7 Å². The van der Waals surface area contributed by atoms with Crippen LogP contribution in [0.3, 0.4) is 0 Å². The zero-order valence-electron chi connectivity index (χ0n) is 44.0. The van der Waals surface area contributed by atoms with E-state index in [0.29, 0.717) is 94.5 Å². The number of benzene rings is 9. The van der Waals surface area contributed by atoms with Gasteiger partial charge in [0.15, 0.2) is 0 Å². The normalized spacial score (nSPS) is 13.4. The summed E-state index contributed by atoms with van der Waals surface area (Å²) in [4.78, 5) is 0. The molecule has 0 saturated carbocycles. The van der Waals surface area contributed by atoms with Gasteiger partial charge in [-0.2, -0.15) is 0 Å². The Morgan fingerprint density at radius 1 is 0.392 bits per heavy atom. The van der Waals surface area contributed by atoms with Crippen molar-refractivity contribution in [3.8, 4) is 85.9 Å². The second-order valence-electron chi connectivity index (χ2n) is 18.4. The topological polar surface area (TPSA) is 120 Å². The Balaban J connectivity index is 0.788. The Hall–Kier alpha value is -8.33. The first-order chi connectivity index (χ1) is 38.7. The largest absolute Gasteiger partial charge is 0.530 e. The molecule has 0 amide bonds. The van der Waals surface area contributed by atoms with Gasteiger partial charge in [0.1, 0.15) is 74.7 Å². The van der Waals surface area contributed by atoms with Crippen molar-refractivity contribution in [1.82, 2.24) is 0 Å². The van der Waals surface area contributed by atoms with Gasteiger partial charge in [0.2, 0.25) is 0 Å². The van der Waals surface area contributed by atoms with E-state index in [1.54, 1.807) is 57.7 Å². The lowest BCUT2D eigenvalue weighted by Gasteiger charge is -2.28. The zero-order valence-corrected chi connectivity index (χ0v) is 46.6. The highest BCUT2D eigenvalue weighted by molar-refractivity contribution is 7.43. The maximum absolute atomic E-state index is 6.73. The van der Waals surface area contributed by atoms with Crippen LogP contribution in [-0.4, -0.2) is 27.9 Å². The van der Waals surface area contributed by atoms with Gasteiger partial charge < -0.3 is 59.7 Å². The van der Waals surface area contributed by atoms with Crippen LogP contribution in [0.5, 0.6) is 74.7 Å². The van der Waals surface area contributed by atoms with E-state index >= 15 is 0 Å². The lowest BCUT2D eigenvalue weighted by Crippen LogP contribution is -2.13. The minimum Gasteiger partial charge on any atom is -0.497 e. The monoisotopic (exact) mass is 1110 g/mol. The van der Waals surface area contributed by atoms with Crippen LogP contribution in [0.1, 0.15) is 38.9 Å². The molecule has 0 saturated heterocycles. The summed E-state index contributed by atoms with van der Waals surface area (Å²) in [5, 5.41) is 0. The van der Waals surface area contributed by atoms with Crippen LogP contribution in [0.15, 0.2) is 194 Å². The zero-order chi connectivity index (χ0) is 54.1. The average molecular weight is 1110 g/mol. The van der Waals surface area contributed by atoms with Gasteiger partial charge in [-0.3, -0.25) is 0 Å². The second kappa shape index (κ2) is 24.6. The molecule has 0 spiro atoms. The minimum absolute atomic E-state index is 0.441. The van der Waals surface area contributed by atoms with Crippen molar-refractivity contribution in [2.75, 3.05) is 27.9 Å². The molecule has 0 fully saturated rings. The molecule has 9 aromatic rings. The van der Waals surface area contributed by atoms with Crippen LogP contribution in [0.2, 0.25) is 0 Å². The molecule has 11 rings (SSSR count). The lowest BCUT2D eigenvalue weighted by atomic mass is 9.93. The van der Waals surface area contributed by atoms with Gasteiger partial charge in [0.05, 0.1) is 27.9 Å². The third kappa shape index (κ3) is 13.2. The highest BCUT2D eigenvalue weighted by Gasteiger charge is 2.32. The fourth-order valence-corrected chi connectivity index (χ4v) is 12.1. The number of aryl methyl sites for hydroxylation is 2. The van der Waals surface area contributed by atoms with Gasteiger partial charge in [0.25, 0.3) is 0 Å². The van der Waals surface area contributed by atoms with Crippen LogP contribution in [-0.2, 0) is 19.3 Å². The van der Waals surface area contributed by atoms with Gasteiger partial charge in [0, 0.05) is 30.4 Å². The summed E-state index contributed by atoms with van der Waals surface area (Å²) in [6, 6.07) is 61.2. The lowest BCUT2D eigenvalue weighted by molar-refractivity contribution is 0.321. The van der Waals surface area contributed by atoms with Crippen LogP contribution in [0, 0.1) is 13.8 Å². The SMILES string of the molecule is COc1ccc(OP(Oc2ccc(OC)cc2)Oc2ccccc2-c2ccccc2OP(Oc2ccc(OC)cc2)Oc2ccc(OCCc3ccc4c(c3)Cc3cc(C)cc5c3OP(Oc3ccc(C)cc3C5)O4)cc2)cc1. The number of fused-ring (bicyclic) bond motifs is 3. The highest BCUT2D eigenvalue weighted by Crippen LogP contribution is 2.53. The number of hydrogen-bond acceptors (Lipinski definition) is 13. The molecule has 9 aromatic carbocycles. The van der Waals surface area contributed by atoms with E-state index < -0.39 is 25.8 Å². The van der Waals surface area contributed by atoms with Crippen molar-refractivity contribution in [2.24, 2.45) is 0 Å². The number of methoxy groups -OCH3 is 3. The summed E-state index contributed by atoms with van der Waals surface area (Å²) < 4.78 is 81.0. The van der Waals surface area contributed by atoms with Crippen molar-refractivity contribution in [3.05, 3.63) is 233 Å². The first kappa shape index (κ1) is 52.7. The summed E-state index contributed by atoms with van der Waals surface area (Å²) in [5.41, 5.74) is 9.35. The predicted octanol–water partition coefficient (Wildman–Crippen LogP) is 16.7. The standard InChI is InChI=1S/C63H55O13P3/c1-42-14-32-59-45(36-42)40-47-37-43(2)38-48-41-46-39-44(15-33-60(46)73-79(72-59)76-63(47)48)34-35-67-52-22-30-56(31-23-52)71-78(70-55-28-20-51(66-5)21-29-55)75-62-13-9-7-11-58(62)57-10-6-8-12-61(57)74-77(68-53-24-16-49(64-3)17-25-53)69-54-26-18-50(65-4)19-27-54/h6-33,36-39H,34-35,40-41H2,1-5H3. The highest BCUT2D eigenvalue weighted by atomic mass is 31.2. The maximum atomic E-state index is 6.73. The van der Waals surface area contributed by atoms with E-state index in [9.17, 15) is 0 Å². The van der Waals surface area contributed by atoms with Crippen LogP contribution in [0.4, 0.5) is 0 Å². The molecule has 0 aliphatic carbocycles. The summed E-state index contributed by atoms with van der Waals surface area (Å²) in [6.45, 7) is 4.68. The smallest absolute Gasteiger partial charge is 0.497 e. The molecule has 2 atom stereocenters. The van der Waals surface area contributed by atoms with Crippen molar-refractivity contribution < 1.29 is 59.7 Å². The molecule has 0 radical (unpaired) electrons. The van der Waals surface area contributed by atoms with Crippen LogP contribution in [0.25, 0.3) is 11.1 Å². The van der Waals surface area contributed by atoms with E-state index in [2.05, 4.69) is 50.2 Å². The summed E-state index contributed by atoms with van der Waals surface area (Å²) in [7, 11) is -1.09. The molecule has 2 aliphatic heterocycles. The van der Waals surface area contributed by atoms with Gasteiger partial charge in [-0.25, -0.2) is 0 Å². The summed E-state index contributed by atoms with van der Waals surface area (Å²) in [5.74, 6) is 8.17. The Bertz CT molecular complexity index is 3480. The number of hydrogen-bond donors (Lipinski definition) is 0. The average Bonchev–Trinajstić information content (AvgIpc) is 3.48. The predicted molar refractivity (Wildman–Crippen MR) is 307 cm³/mol. The molecule has 2 unspecified atom stereocenters. The summed E-state index contributed by atoms with van der Waals surface area (Å²) >= 11 is 0. The van der Waals surface area contributed by atoms with Gasteiger partial charge >= 0.3 is 25.8 Å². The first-order valence-corrected chi connectivity index (χ1v) is 28.7. The van der Waals surface area contributed by atoms with Crippen molar-refractivity contribution in [3.63, 3.8) is 0 Å². The summed E-state index contributed by atoms with van der Waals surface area (Å²) in [6.07, 6.45) is 2.04. The molecular formula is C63H55O13P3. The van der Waals surface area contributed by atoms with Crippen molar-refractivity contribution in [1.29, 1.82) is 0 Å². The van der Waals surface area contributed by atoms with Gasteiger partial charge in [-0.05, 0) is 163 Å². The molecular weight excluding hydrogens is 1060 g/mol. The second-order valence-corrected chi connectivity index (χ2v) is 21.4. The van der Waals surface area contributed by atoms with Crippen LogP contribution < -0.4 is 59.7 Å². The molecule has 0 N–H and O–H groups in total. The fraction of sp³-hybridized carbons (Fsp3) is 0.143. The van der Waals surface area contributed by atoms with E-state index in [-0.39, 0.29) is 0 Å². The minimum atomic E-state index is -2.12. The molecule has 400 valence electrons. The molecule has 0 aromatic heterocycles. The Labute approximate surface area is 463 Å². The maximum Gasteiger partial charge on any atom is 0.530 e. The Morgan fingerprint density at radius 2 is 0.797 bits per heavy atom. The van der Waals surface area contributed by atoms with Gasteiger partial charge in [-0.15, -0.1) is 0 Å². The number of ether oxygens (including phenoxy) is 4. The third-order valence-electron chi connectivity index (χ3n) is 12.8. The number of para-hydroxylation sites is 2. The number of rotatable bonds is 20. The molecule has 2 bridgehead atoms. The first-order valence-electron chi connectivity index (χ1n) is 25.4. The molecule has 79 heavy (non-hydrogen) atoms. The Morgan fingerprint density at radius 3 is 1.27 bits per heavy atom. The molecule has 2 aliphatic rings. The van der Waals surface area contributed by atoms with E-state index in [0.717, 1.165) is 45.1 Å².